The van der Waals surface area contributed by atoms with Crippen LogP contribution >= 0.6 is 8.60 Å². The van der Waals surface area contributed by atoms with E-state index < -0.39 is 51.5 Å². The maximum atomic E-state index is 13.3. The molecule has 194 valence electrons. The van der Waals surface area contributed by atoms with E-state index in [2.05, 4.69) is 16.0 Å². The van der Waals surface area contributed by atoms with E-state index in [1.54, 1.807) is 6.07 Å². The van der Waals surface area contributed by atoms with Crippen LogP contribution in [0.2, 0.25) is 0 Å². The lowest BCUT2D eigenvalue weighted by atomic mass is 9.72. The zero-order chi connectivity index (χ0) is 26.7. The summed E-state index contributed by atoms with van der Waals surface area (Å²) in [4.78, 5) is 67.2. The number of benzene rings is 2. The molecule has 37 heavy (non-hydrogen) atoms. The van der Waals surface area contributed by atoms with Crippen molar-refractivity contribution in [2.45, 2.75) is 37.3 Å². The molecule has 0 bridgehead atoms. The predicted molar refractivity (Wildman–Crippen MR) is 128 cm³/mol. The van der Waals surface area contributed by atoms with E-state index >= 15 is 0 Å². The van der Waals surface area contributed by atoms with Crippen LogP contribution in [0.25, 0.3) is 0 Å². The summed E-state index contributed by atoms with van der Waals surface area (Å²) in [6.45, 7) is 0. The Morgan fingerprint density at radius 2 is 1.89 bits per heavy atom. The van der Waals surface area contributed by atoms with Gasteiger partial charge in [0.15, 0.2) is 0 Å². The number of carboxylic acids is 1. The largest absolute Gasteiger partial charge is 0.547 e. The van der Waals surface area contributed by atoms with E-state index in [-0.39, 0.29) is 42.2 Å². The highest BCUT2D eigenvalue weighted by molar-refractivity contribution is 7.39. The minimum atomic E-state index is -2.65. The number of nitrogens with one attached hydrogen (secondary N) is 3. The molecule has 1 unspecified atom stereocenters. The first-order chi connectivity index (χ1) is 17.6. The molecule has 2 aliphatic heterocycles. The summed E-state index contributed by atoms with van der Waals surface area (Å²) < 4.78 is 10.2. The summed E-state index contributed by atoms with van der Waals surface area (Å²) in [5, 5.41) is 27.6. The summed E-state index contributed by atoms with van der Waals surface area (Å²) in [7, 11) is -4.21. The lowest BCUT2D eigenvalue weighted by molar-refractivity contribution is -0.130. The van der Waals surface area contributed by atoms with E-state index in [1.165, 1.54) is 36.4 Å². The van der Waals surface area contributed by atoms with Crippen molar-refractivity contribution in [1.82, 2.24) is 16.0 Å². The second kappa shape index (κ2) is 11.1. The smallest absolute Gasteiger partial charge is 0.534 e. The number of fused-ring (bicyclic) bond motifs is 1. The monoisotopic (exact) mass is 531 g/mol. The Kier molecular flexibility index (Phi) is 7.93. The Labute approximate surface area is 211 Å². The van der Waals surface area contributed by atoms with Crippen LogP contribution in [0.1, 0.15) is 40.4 Å². The Balaban J connectivity index is 1.54. The van der Waals surface area contributed by atoms with Crippen LogP contribution in [0.4, 0.5) is 0 Å². The molecule has 2 aromatic rings. The SMILES string of the molecule is O=C1CC[C@@H](C(=O)NC(C(=O)N[C@H]2Cc3cccc(C(=O)O)c3OB2O)c2ccc(OP(O)O)cc2)N1. The number of carbonyl (C=O) groups excluding carboxylic acids is 3. The van der Waals surface area contributed by atoms with Gasteiger partial charge in [-0.3, -0.25) is 14.4 Å². The molecule has 0 radical (unpaired) electrons. The lowest BCUT2D eigenvalue weighted by Crippen LogP contribution is -2.56. The second-order valence-electron chi connectivity index (χ2n) is 8.44. The van der Waals surface area contributed by atoms with Gasteiger partial charge in [-0.05, 0) is 42.2 Å². The molecule has 3 atom stereocenters. The fourth-order valence-corrected chi connectivity index (χ4v) is 4.46. The molecule has 1 saturated heterocycles. The fourth-order valence-electron chi connectivity index (χ4n) is 4.15. The fraction of sp³-hybridized carbons (Fsp3) is 0.273. The van der Waals surface area contributed by atoms with Gasteiger partial charge in [-0.2, -0.15) is 0 Å². The van der Waals surface area contributed by atoms with Crippen molar-refractivity contribution in [3.05, 3.63) is 59.2 Å². The second-order valence-corrected chi connectivity index (χ2v) is 9.13. The maximum Gasteiger partial charge on any atom is 0.547 e. The number of rotatable bonds is 8. The highest BCUT2D eigenvalue weighted by atomic mass is 31.2. The standard InChI is InChI=1S/C22H23BN3O10P/c27-17-9-8-15(24-17)20(28)26-18(11-4-6-13(7-5-11)36-37(33)34)21(29)25-16-10-12-2-1-3-14(22(30)31)19(12)35-23(16)32/h1-7,15-16,18,32-34H,8-10H2,(H,24,27)(H,25,29)(H,26,28)(H,30,31)/t15-,16-,18?/m0/s1. The van der Waals surface area contributed by atoms with E-state index in [1.807, 2.05) is 0 Å². The summed E-state index contributed by atoms with van der Waals surface area (Å²) in [5.41, 5.74) is 0.653. The van der Waals surface area contributed by atoms with Crippen LogP contribution in [-0.2, 0) is 20.8 Å². The average molecular weight is 531 g/mol. The van der Waals surface area contributed by atoms with Gasteiger partial charge in [-0.15, -0.1) is 0 Å². The molecule has 0 saturated carbocycles. The predicted octanol–water partition coefficient (Wildman–Crippen LogP) is -0.449. The molecular formula is C22H23BN3O10P. The molecule has 15 heteroatoms. The number of carbonyl (C=O) groups is 4. The zero-order valence-electron chi connectivity index (χ0n) is 19.2. The number of para-hydroxylation sites is 1. The van der Waals surface area contributed by atoms with Gasteiger partial charge in [0.2, 0.25) is 17.7 Å². The summed E-state index contributed by atoms with van der Waals surface area (Å²) in [6, 6.07) is 8.03. The van der Waals surface area contributed by atoms with Crippen molar-refractivity contribution in [2.75, 3.05) is 0 Å². The summed E-state index contributed by atoms with van der Waals surface area (Å²) >= 11 is 0. The van der Waals surface area contributed by atoms with Crippen molar-refractivity contribution < 1.29 is 48.3 Å². The number of hydrogen-bond donors (Lipinski definition) is 7. The van der Waals surface area contributed by atoms with Crippen molar-refractivity contribution in [1.29, 1.82) is 0 Å². The van der Waals surface area contributed by atoms with Crippen LogP contribution in [0.3, 0.4) is 0 Å². The van der Waals surface area contributed by atoms with Crippen LogP contribution < -0.4 is 25.1 Å². The molecule has 2 aliphatic rings. The van der Waals surface area contributed by atoms with Gasteiger partial charge in [0.05, 0.1) is 11.5 Å². The van der Waals surface area contributed by atoms with Crippen molar-refractivity contribution in [2.24, 2.45) is 0 Å². The van der Waals surface area contributed by atoms with Crippen molar-refractivity contribution in [3.8, 4) is 11.5 Å². The van der Waals surface area contributed by atoms with E-state index in [0.717, 1.165) is 0 Å². The number of aromatic carboxylic acids is 1. The zero-order valence-corrected chi connectivity index (χ0v) is 20.1. The van der Waals surface area contributed by atoms with E-state index in [4.69, 9.17) is 19.0 Å². The Morgan fingerprint density at radius 3 is 2.51 bits per heavy atom. The Morgan fingerprint density at radius 1 is 1.16 bits per heavy atom. The van der Waals surface area contributed by atoms with Crippen LogP contribution in [0, 0.1) is 0 Å². The molecule has 0 aliphatic carbocycles. The molecule has 0 spiro atoms. The third-order valence-electron chi connectivity index (χ3n) is 5.94. The first kappa shape index (κ1) is 26.4. The van der Waals surface area contributed by atoms with Crippen molar-refractivity contribution in [3.63, 3.8) is 0 Å². The topological polar surface area (TPSA) is 204 Å². The molecule has 2 heterocycles. The van der Waals surface area contributed by atoms with Crippen molar-refractivity contribution >= 4 is 39.4 Å². The number of hydrogen-bond acceptors (Lipinski definition) is 9. The normalized spacial score (nSPS) is 19.4. The van der Waals surface area contributed by atoms with Gasteiger partial charge in [0.25, 0.3) is 0 Å². The Hall–Kier alpha value is -3.71. The first-order valence-electron chi connectivity index (χ1n) is 11.2. The number of carboxylic acid groups (broad SMARTS) is 1. The van der Waals surface area contributed by atoms with Crippen LogP contribution in [0.5, 0.6) is 11.5 Å². The molecule has 2 aromatic carbocycles. The van der Waals surface area contributed by atoms with Gasteiger partial charge in [0, 0.05) is 6.42 Å². The molecule has 3 amide bonds. The lowest BCUT2D eigenvalue weighted by Gasteiger charge is -2.30. The van der Waals surface area contributed by atoms with Crippen LogP contribution in [-0.4, -0.2) is 62.7 Å². The molecular weight excluding hydrogens is 508 g/mol. The third kappa shape index (κ3) is 6.17. The summed E-state index contributed by atoms with van der Waals surface area (Å²) in [5.74, 6) is -3.64. The molecule has 4 rings (SSSR count). The minimum absolute atomic E-state index is 0.0122. The maximum absolute atomic E-state index is 13.3. The molecule has 7 N–H and O–H groups in total. The van der Waals surface area contributed by atoms with Gasteiger partial charge in [0.1, 0.15) is 23.6 Å². The van der Waals surface area contributed by atoms with Crippen LogP contribution in [0.15, 0.2) is 42.5 Å². The Bertz CT molecular complexity index is 1210. The molecule has 13 nitrogen and oxygen atoms in total. The number of amides is 3. The van der Waals surface area contributed by atoms with Gasteiger partial charge >= 0.3 is 21.7 Å². The third-order valence-corrected chi connectivity index (χ3v) is 6.31. The minimum Gasteiger partial charge on any atom is -0.534 e. The highest BCUT2D eigenvalue weighted by Crippen LogP contribution is 2.31. The quantitative estimate of drug-likeness (QED) is 0.173. The van der Waals surface area contributed by atoms with Gasteiger partial charge in [-0.25, -0.2) is 4.79 Å². The molecule has 1 fully saturated rings. The molecule has 0 aromatic heterocycles. The summed E-state index contributed by atoms with van der Waals surface area (Å²) in [6.07, 6.45) is 0.502. The van der Waals surface area contributed by atoms with E-state index in [9.17, 15) is 29.3 Å². The average Bonchev–Trinajstić information content (AvgIpc) is 3.29. The van der Waals surface area contributed by atoms with Gasteiger partial charge < -0.3 is 45.0 Å². The van der Waals surface area contributed by atoms with E-state index in [0.29, 0.717) is 11.1 Å². The van der Waals surface area contributed by atoms with Gasteiger partial charge in [-0.1, -0.05) is 24.3 Å². The highest BCUT2D eigenvalue weighted by Gasteiger charge is 2.39. The first-order valence-corrected chi connectivity index (χ1v) is 12.3.